The van der Waals surface area contributed by atoms with Gasteiger partial charge in [0, 0.05) is 43.8 Å². The van der Waals surface area contributed by atoms with Gasteiger partial charge in [0.05, 0.1) is 0 Å². The van der Waals surface area contributed by atoms with Crippen molar-refractivity contribution >= 4 is 23.1 Å². The molecule has 0 saturated carbocycles. The third-order valence-corrected chi connectivity index (χ3v) is 5.20. The van der Waals surface area contributed by atoms with Crippen LogP contribution in [0.1, 0.15) is 46.5 Å². The number of anilines is 4. The molecule has 0 atom stereocenters. The van der Waals surface area contributed by atoms with E-state index in [4.69, 9.17) is 4.98 Å². The highest BCUT2D eigenvalue weighted by Gasteiger charge is 2.16. The van der Waals surface area contributed by atoms with Gasteiger partial charge in [-0.25, -0.2) is 4.98 Å². The van der Waals surface area contributed by atoms with Gasteiger partial charge in [-0.15, -0.1) is 0 Å². The molecule has 5 heteroatoms. The van der Waals surface area contributed by atoms with Gasteiger partial charge in [-0.3, -0.25) is 0 Å². The molecule has 0 aliphatic carbocycles. The Labute approximate surface area is 163 Å². The van der Waals surface area contributed by atoms with Crippen LogP contribution in [0.15, 0.2) is 36.5 Å². The molecule has 1 aliphatic heterocycles. The van der Waals surface area contributed by atoms with Crippen LogP contribution in [-0.4, -0.2) is 36.1 Å². The summed E-state index contributed by atoms with van der Waals surface area (Å²) in [6.07, 6.45) is 6.60. The van der Waals surface area contributed by atoms with Crippen molar-refractivity contribution in [3.63, 3.8) is 0 Å². The molecule has 1 fully saturated rings. The predicted octanol–water partition coefficient (Wildman–Crippen LogP) is 5.08. The van der Waals surface area contributed by atoms with E-state index in [1.165, 1.54) is 18.5 Å². The molecule has 27 heavy (non-hydrogen) atoms. The fourth-order valence-electron chi connectivity index (χ4n) is 3.59. The number of hydrogen-bond donors (Lipinski definition) is 1. The van der Waals surface area contributed by atoms with Gasteiger partial charge in [0.1, 0.15) is 5.82 Å². The fraction of sp³-hybridized carbons (Fsp3) is 0.545. The van der Waals surface area contributed by atoms with Crippen LogP contribution in [0.4, 0.5) is 23.1 Å². The molecular weight excluding hydrogens is 334 g/mol. The van der Waals surface area contributed by atoms with Gasteiger partial charge in [-0.05, 0) is 61.9 Å². The first kappa shape index (κ1) is 19.5. The van der Waals surface area contributed by atoms with E-state index < -0.39 is 0 Å². The highest BCUT2D eigenvalue weighted by Crippen LogP contribution is 2.25. The van der Waals surface area contributed by atoms with E-state index in [0.29, 0.717) is 0 Å². The van der Waals surface area contributed by atoms with Gasteiger partial charge in [0.15, 0.2) is 0 Å². The van der Waals surface area contributed by atoms with Gasteiger partial charge in [-0.2, -0.15) is 4.98 Å². The maximum atomic E-state index is 4.72. The first-order chi connectivity index (χ1) is 13.2. The zero-order valence-electron chi connectivity index (χ0n) is 17.0. The van der Waals surface area contributed by atoms with Crippen molar-refractivity contribution in [2.45, 2.75) is 46.5 Å². The van der Waals surface area contributed by atoms with Gasteiger partial charge >= 0.3 is 0 Å². The Morgan fingerprint density at radius 2 is 1.70 bits per heavy atom. The molecule has 0 unspecified atom stereocenters. The normalized spacial score (nSPS) is 15.0. The van der Waals surface area contributed by atoms with Gasteiger partial charge < -0.3 is 15.1 Å². The van der Waals surface area contributed by atoms with Crippen LogP contribution in [0.3, 0.4) is 0 Å². The Balaban J connectivity index is 1.65. The monoisotopic (exact) mass is 367 g/mol. The number of nitrogens with zero attached hydrogens (tertiary/aromatic N) is 4. The van der Waals surface area contributed by atoms with Crippen LogP contribution in [0, 0.1) is 5.92 Å². The van der Waals surface area contributed by atoms with Crippen molar-refractivity contribution in [1.82, 2.24) is 9.97 Å². The zero-order chi connectivity index (χ0) is 19.1. The quantitative estimate of drug-likeness (QED) is 0.704. The Morgan fingerprint density at radius 3 is 2.33 bits per heavy atom. The minimum absolute atomic E-state index is 0.808. The fourth-order valence-corrected chi connectivity index (χ4v) is 3.59. The van der Waals surface area contributed by atoms with E-state index in [2.05, 4.69) is 65.1 Å². The molecule has 1 saturated heterocycles. The molecule has 0 amide bonds. The maximum absolute atomic E-state index is 4.72. The van der Waals surface area contributed by atoms with E-state index in [1.54, 1.807) is 0 Å². The van der Waals surface area contributed by atoms with E-state index in [0.717, 1.165) is 62.4 Å². The van der Waals surface area contributed by atoms with E-state index in [9.17, 15) is 0 Å². The molecule has 1 aromatic heterocycles. The Bertz CT molecular complexity index is 686. The Kier molecular flexibility index (Phi) is 6.91. The van der Waals surface area contributed by atoms with Crippen molar-refractivity contribution in [3.8, 4) is 0 Å². The minimum Gasteiger partial charge on any atom is -0.372 e. The van der Waals surface area contributed by atoms with Crippen molar-refractivity contribution in [2.75, 3.05) is 41.3 Å². The molecule has 1 N–H and O–H groups in total. The number of benzene rings is 1. The third kappa shape index (κ3) is 5.34. The van der Waals surface area contributed by atoms with Gasteiger partial charge in [-0.1, -0.05) is 20.8 Å². The Morgan fingerprint density at radius 1 is 1.04 bits per heavy atom. The lowest BCUT2D eigenvalue weighted by atomic mass is 9.99. The lowest BCUT2D eigenvalue weighted by molar-refractivity contribution is 0.438. The average Bonchev–Trinajstić information content (AvgIpc) is 2.69. The first-order valence-corrected chi connectivity index (χ1v) is 10.4. The summed E-state index contributed by atoms with van der Waals surface area (Å²) < 4.78 is 0. The summed E-state index contributed by atoms with van der Waals surface area (Å²) in [5.74, 6) is 2.51. The van der Waals surface area contributed by atoms with Crippen LogP contribution in [0.2, 0.25) is 0 Å². The lowest BCUT2D eigenvalue weighted by Crippen LogP contribution is -2.32. The smallest absolute Gasteiger partial charge is 0.227 e. The van der Waals surface area contributed by atoms with E-state index in [1.807, 2.05) is 12.3 Å². The molecule has 5 nitrogen and oxygen atoms in total. The number of piperidine rings is 1. The van der Waals surface area contributed by atoms with Gasteiger partial charge in [0.25, 0.3) is 0 Å². The molecule has 146 valence electrons. The van der Waals surface area contributed by atoms with Crippen molar-refractivity contribution in [3.05, 3.63) is 36.5 Å². The Hall–Kier alpha value is -2.30. The molecule has 0 radical (unpaired) electrons. The molecule has 2 aromatic rings. The highest BCUT2D eigenvalue weighted by molar-refractivity contribution is 5.61. The second-order valence-corrected chi connectivity index (χ2v) is 7.57. The average molecular weight is 368 g/mol. The summed E-state index contributed by atoms with van der Waals surface area (Å²) in [6.45, 7) is 11.0. The number of rotatable bonds is 8. The SMILES string of the molecule is CCCN(CCC)c1nccc(Nc2ccc(N3CCC(C)CC3)cc2)n1. The topological polar surface area (TPSA) is 44.3 Å². The molecule has 3 rings (SSSR count). The second-order valence-electron chi connectivity index (χ2n) is 7.57. The van der Waals surface area contributed by atoms with Crippen molar-refractivity contribution in [1.29, 1.82) is 0 Å². The lowest BCUT2D eigenvalue weighted by Gasteiger charge is -2.32. The summed E-state index contributed by atoms with van der Waals surface area (Å²) in [4.78, 5) is 13.9. The van der Waals surface area contributed by atoms with Crippen molar-refractivity contribution < 1.29 is 0 Å². The second kappa shape index (κ2) is 9.58. The molecule has 0 spiro atoms. The number of hydrogen-bond acceptors (Lipinski definition) is 5. The third-order valence-electron chi connectivity index (χ3n) is 5.20. The van der Waals surface area contributed by atoms with Crippen LogP contribution in [-0.2, 0) is 0 Å². The molecule has 0 bridgehead atoms. The predicted molar refractivity (Wildman–Crippen MR) is 115 cm³/mol. The summed E-state index contributed by atoms with van der Waals surface area (Å²) in [6, 6.07) is 10.6. The van der Waals surface area contributed by atoms with Crippen LogP contribution < -0.4 is 15.1 Å². The molecule has 1 aliphatic rings. The summed E-state index contributed by atoms with van der Waals surface area (Å²) >= 11 is 0. The molecular formula is C22H33N5. The standard InChI is InChI=1S/C22H33N5/c1-4-14-27(15-5-2)22-23-13-10-21(25-22)24-19-6-8-20(9-7-19)26-16-11-18(3)12-17-26/h6-10,13,18H,4-5,11-12,14-17H2,1-3H3,(H,23,24,25). The van der Waals surface area contributed by atoms with Crippen LogP contribution in [0.5, 0.6) is 0 Å². The zero-order valence-corrected chi connectivity index (χ0v) is 17.0. The maximum Gasteiger partial charge on any atom is 0.227 e. The van der Waals surface area contributed by atoms with Crippen molar-refractivity contribution in [2.24, 2.45) is 5.92 Å². The minimum atomic E-state index is 0.808. The number of aromatic nitrogens is 2. The summed E-state index contributed by atoms with van der Waals surface area (Å²) in [5.41, 5.74) is 2.37. The van der Waals surface area contributed by atoms with Crippen LogP contribution in [0.25, 0.3) is 0 Å². The summed E-state index contributed by atoms with van der Waals surface area (Å²) in [7, 11) is 0. The highest BCUT2D eigenvalue weighted by atomic mass is 15.3. The van der Waals surface area contributed by atoms with Gasteiger partial charge in [0.2, 0.25) is 5.95 Å². The van der Waals surface area contributed by atoms with E-state index >= 15 is 0 Å². The number of nitrogens with one attached hydrogen (secondary N) is 1. The van der Waals surface area contributed by atoms with E-state index in [-0.39, 0.29) is 0 Å². The summed E-state index contributed by atoms with van der Waals surface area (Å²) in [5, 5.41) is 3.42. The molecule has 1 aromatic carbocycles. The van der Waals surface area contributed by atoms with Crippen LogP contribution >= 0.6 is 0 Å². The largest absolute Gasteiger partial charge is 0.372 e. The molecule has 2 heterocycles. The first-order valence-electron chi connectivity index (χ1n) is 10.4.